The molecule has 34 heavy (non-hydrogen) atoms. The SMILES string of the molecule is CCCCCCCC/C=C\CCCCCCCCC(C)CC(C)CC(C)CC(C)C(=O)OCC. The van der Waals surface area contributed by atoms with E-state index in [9.17, 15) is 4.79 Å². The third-order valence-corrected chi connectivity index (χ3v) is 7.26. The molecule has 0 radical (unpaired) electrons. The van der Waals surface area contributed by atoms with Crippen LogP contribution in [0.1, 0.15) is 157 Å². The molecule has 0 heterocycles. The number of carbonyl (C=O) groups is 1. The zero-order valence-corrected chi connectivity index (χ0v) is 24.2. The Hall–Kier alpha value is -0.790. The van der Waals surface area contributed by atoms with Crippen LogP contribution in [0.5, 0.6) is 0 Å². The fourth-order valence-electron chi connectivity index (χ4n) is 5.41. The molecule has 202 valence electrons. The molecule has 0 aromatic carbocycles. The Morgan fingerprint density at radius 3 is 1.65 bits per heavy atom. The van der Waals surface area contributed by atoms with Gasteiger partial charge in [-0.3, -0.25) is 4.79 Å². The normalized spacial score (nSPS) is 15.4. The molecule has 2 heteroatoms. The summed E-state index contributed by atoms with van der Waals surface area (Å²) in [6.45, 7) is 13.8. The van der Waals surface area contributed by atoms with Gasteiger partial charge in [-0.15, -0.1) is 0 Å². The van der Waals surface area contributed by atoms with E-state index in [1.165, 1.54) is 109 Å². The van der Waals surface area contributed by atoms with Gasteiger partial charge in [-0.25, -0.2) is 0 Å². The molecule has 0 aromatic heterocycles. The molecular formula is C32H62O2. The molecule has 4 unspecified atom stereocenters. The van der Waals surface area contributed by atoms with E-state index >= 15 is 0 Å². The Labute approximate surface area is 215 Å². The summed E-state index contributed by atoms with van der Waals surface area (Å²) in [6, 6.07) is 0. The van der Waals surface area contributed by atoms with Gasteiger partial charge in [0.2, 0.25) is 0 Å². The van der Waals surface area contributed by atoms with Gasteiger partial charge in [-0.1, -0.05) is 117 Å². The van der Waals surface area contributed by atoms with E-state index in [1.54, 1.807) is 0 Å². The van der Waals surface area contributed by atoms with E-state index in [-0.39, 0.29) is 11.9 Å². The third-order valence-electron chi connectivity index (χ3n) is 7.26. The number of hydrogen-bond acceptors (Lipinski definition) is 2. The summed E-state index contributed by atoms with van der Waals surface area (Å²) in [7, 11) is 0. The van der Waals surface area contributed by atoms with Crippen LogP contribution in [0.2, 0.25) is 0 Å². The zero-order chi connectivity index (χ0) is 25.4. The minimum Gasteiger partial charge on any atom is -0.466 e. The Morgan fingerprint density at radius 2 is 1.09 bits per heavy atom. The second-order valence-corrected chi connectivity index (χ2v) is 11.4. The molecular weight excluding hydrogens is 416 g/mol. The van der Waals surface area contributed by atoms with E-state index in [0.717, 1.165) is 18.3 Å². The maximum atomic E-state index is 11.8. The monoisotopic (exact) mass is 478 g/mol. The van der Waals surface area contributed by atoms with Crippen molar-refractivity contribution in [1.29, 1.82) is 0 Å². The van der Waals surface area contributed by atoms with Crippen molar-refractivity contribution >= 4 is 5.97 Å². The van der Waals surface area contributed by atoms with Gasteiger partial charge in [0, 0.05) is 0 Å². The van der Waals surface area contributed by atoms with E-state index in [4.69, 9.17) is 4.74 Å². The van der Waals surface area contributed by atoms with Crippen LogP contribution in [-0.2, 0) is 9.53 Å². The van der Waals surface area contributed by atoms with Gasteiger partial charge in [0.1, 0.15) is 0 Å². The lowest BCUT2D eigenvalue weighted by atomic mass is 9.84. The van der Waals surface area contributed by atoms with E-state index in [0.29, 0.717) is 12.5 Å². The molecule has 0 aliphatic rings. The van der Waals surface area contributed by atoms with E-state index < -0.39 is 0 Å². The fourth-order valence-corrected chi connectivity index (χ4v) is 5.41. The van der Waals surface area contributed by atoms with Crippen LogP contribution < -0.4 is 0 Å². The number of rotatable bonds is 24. The highest BCUT2D eigenvalue weighted by Crippen LogP contribution is 2.26. The molecule has 2 nitrogen and oxygen atoms in total. The van der Waals surface area contributed by atoms with Crippen molar-refractivity contribution in [3.8, 4) is 0 Å². The number of allylic oxidation sites excluding steroid dienone is 2. The van der Waals surface area contributed by atoms with Gasteiger partial charge in [-0.05, 0) is 69.6 Å². The highest BCUT2D eigenvalue weighted by atomic mass is 16.5. The van der Waals surface area contributed by atoms with Crippen molar-refractivity contribution in [2.24, 2.45) is 23.7 Å². The minimum absolute atomic E-state index is 0.0284. The summed E-state index contributed by atoms with van der Waals surface area (Å²) in [5.41, 5.74) is 0. The van der Waals surface area contributed by atoms with Crippen molar-refractivity contribution in [2.45, 2.75) is 157 Å². The standard InChI is InChI=1S/C32H62O2/c1-7-9-10-11-12-13-14-15-16-17-18-19-20-21-22-23-24-28(3)25-29(4)26-30(5)27-31(6)32(33)34-8-2/h15-16,28-31H,7-14,17-27H2,1-6H3/b16-15-. The predicted molar refractivity (Wildman–Crippen MR) is 151 cm³/mol. The second kappa shape index (κ2) is 23.9. The molecule has 0 saturated heterocycles. The Kier molecular flexibility index (Phi) is 23.4. The van der Waals surface area contributed by atoms with Gasteiger partial charge in [-0.2, -0.15) is 0 Å². The first-order valence-electron chi connectivity index (χ1n) is 15.2. The summed E-state index contributed by atoms with van der Waals surface area (Å²) < 4.78 is 5.15. The van der Waals surface area contributed by atoms with Crippen molar-refractivity contribution in [2.75, 3.05) is 6.61 Å². The molecule has 4 atom stereocenters. The number of ether oxygens (including phenoxy) is 1. The first kappa shape index (κ1) is 33.2. The molecule has 0 amide bonds. The van der Waals surface area contributed by atoms with Gasteiger partial charge < -0.3 is 4.74 Å². The van der Waals surface area contributed by atoms with Crippen LogP contribution in [0.3, 0.4) is 0 Å². The third kappa shape index (κ3) is 21.7. The van der Waals surface area contributed by atoms with Gasteiger partial charge in [0.05, 0.1) is 12.5 Å². The van der Waals surface area contributed by atoms with Crippen LogP contribution in [0.25, 0.3) is 0 Å². The van der Waals surface area contributed by atoms with Crippen LogP contribution in [-0.4, -0.2) is 12.6 Å². The van der Waals surface area contributed by atoms with Crippen molar-refractivity contribution in [3.63, 3.8) is 0 Å². The van der Waals surface area contributed by atoms with Crippen molar-refractivity contribution in [1.82, 2.24) is 0 Å². The lowest BCUT2D eigenvalue weighted by Crippen LogP contribution is -2.18. The van der Waals surface area contributed by atoms with Crippen LogP contribution >= 0.6 is 0 Å². The minimum atomic E-state index is -0.0321. The van der Waals surface area contributed by atoms with E-state index in [1.807, 2.05) is 13.8 Å². The summed E-state index contributed by atoms with van der Waals surface area (Å²) >= 11 is 0. The maximum Gasteiger partial charge on any atom is 0.308 e. The number of esters is 1. The summed E-state index contributed by atoms with van der Waals surface area (Å²) in [4.78, 5) is 11.8. The molecule has 0 fully saturated rings. The smallest absolute Gasteiger partial charge is 0.308 e. The molecule has 0 rings (SSSR count). The molecule has 0 N–H and O–H groups in total. The lowest BCUT2D eigenvalue weighted by molar-refractivity contribution is -0.148. The molecule has 0 saturated carbocycles. The van der Waals surface area contributed by atoms with Crippen LogP contribution in [0.15, 0.2) is 12.2 Å². The molecule has 0 spiro atoms. The van der Waals surface area contributed by atoms with Crippen LogP contribution in [0, 0.1) is 23.7 Å². The Morgan fingerprint density at radius 1 is 0.618 bits per heavy atom. The zero-order valence-electron chi connectivity index (χ0n) is 24.2. The van der Waals surface area contributed by atoms with E-state index in [2.05, 4.69) is 39.8 Å². The molecule has 0 aliphatic heterocycles. The average Bonchev–Trinajstić information content (AvgIpc) is 2.78. The molecule has 0 aromatic rings. The van der Waals surface area contributed by atoms with Crippen molar-refractivity contribution < 1.29 is 9.53 Å². The largest absolute Gasteiger partial charge is 0.466 e. The second-order valence-electron chi connectivity index (χ2n) is 11.4. The average molecular weight is 479 g/mol. The summed E-state index contributed by atoms with van der Waals surface area (Å²) in [6.07, 6.45) is 29.1. The number of carbonyl (C=O) groups excluding carboxylic acids is 1. The Bertz CT molecular complexity index is 470. The molecule has 0 bridgehead atoms. The first-order valence-corrected chi connectivity index (χ1v) is 15.2. The quantitative estimate of drug-likeness (QED) is 0.0783. The lowest BCUT2D eigenvalue weighted by Gasteiger charge is -2.22. The van der Waals surface area contributed by atoms with Gasteiger partial charge in [0.25, 0.3) is 0 Å². The van der Waals surface area contributed by atoms with Crippen LogP contribution in [0.4, 0.5) is 0 Å². The first-order chi connectivity index (χ1) is 16.4. The molecule has 0 aliphatic carbocycles. The highest BCUT2D eigenvalue weighted by Gasteiger charge is 2.19. The van der Waals surface area contributed by atoms with Gasteiger partial charge in [0.15, 0.2) is 0 Å². The predicted octanol–water partition coefficient (Wildman–Crippen LogP) is 10.7. The fraction of sp³-hybridized carbons (Fsp3) is 0.906. The maximum absolute atomic E-state index is 11.8. The number of unbranched alkanes of at least 4 members (excludes halogenated alkanes) is 12. The summed E-state index contributed by atoms with van der Waals surface area (Å²) in [5, 5.41) is 0. The summed E-state index contributed by atoms with van der Waals surface area (Å²) in [5.74, 6) is 2.15. The van der Waals surface area contributed by atoms with Crippen molar-refractivity contribution in [3.05, 3.63) is 12.2 Å². The number of hydrogen-bond donors (Lipinski definition) is 0. The highest BCUT2D eigenvalue weighted by molar-refractivity contribution is 5.71. The topological polar surface area (TPSA) is 26.3 Å². The Balaban J connectivity index is 3.57. The van der Waals surface area contributed by atoms with Gasteiger partial charge >= 0.3 is 5.97 Å².